The summed E-state index contributed by atoms with van der Waals surface area (Å²) in [6.45, 7) is 4.32. The summed E-state index contributed by atoms with van der Waals surface area (Å²) in [6.07, 6.45) is -4.62. The van der Waals surface area contributed by atoms with Gasteiger partial charge in [0.25, 0.3) is 5.91 Å². The molecule has 0 radical (unpaired) electrons. The second-order valence-electron chi connectivity index (χ2n) is 21.0. The number of aromatic nitrogens is 3. The third-order valence-corrected chi connectivity index (χ3v) is 14.1. The minimum absolute atomic E-state index is 0.0793. The third kappa shape index (κ3) is 13.9. The Morgan fingerprint density at radius 1 is 0.844 bits per heavy atom. The molecule has 416 valence electrons. The number of rotatable bonds is 18. The maximum Gasteiger partial charge on any atom is 0.407 e. The van der Waals surface area contributed by atoms with Crippen LogP contribution in [0.1, 0.15) is 76.3 Å². The first-order valence-electron chi connectivity index (χ1n) is 24.6. The van der Waals surface area contributed by atoms with Crippen LogP contribution in [0.15, 0.2) is 67.1 Å². The van der Waals surface area contributed by atoms with Gasteiger partial charge in [-0.3, -0.25) is 19.9 Å². The van der Waals surface area contributed by atoms with E-state index in [1.165, 1.54) is 20.8 Å². The van der Waals surface area contributed by atoms with E-state index in [-0.39, 0.29) is 22.2 Å². The average Bonchev–Trinajstić information content (AvgIpc) is 3.95. The molecule has 3 aliphatic rings. The quantitative estimate of drug-likeness (QED) is 0.0385. The van der Waals surface area contributed by atoms with Crippen molar-refractivity contribution in [2.24, 2.45) is 10.8 Å². The minimum Gasteiger partial charge on any atom is -0.465 e. The molecule has 2 unspecified atom stereocenters. The van der Waals surface area contributed by atoms with Crippen molar-refractivity contribution >= 4 is 29.8 Å². The number of ether oxygens (including phenoxy) is 2. The van der Waals surface area contributed by atoms with Crippen molar-refractivity contribution in [3.05, 3.63) is 101 Å². The van der Waals surface area contributed by atoms with Crippen LogP contribution >= 0.6 is 0 Å². The number of alkyl halides is 5. The first-order valence-corrected chi connectivity index (χ1v) is 24.6. The van der Waals surface area contributed by atoms with Crippen molar-refractivity contribution in [3.8, 4) is 23.0 Å². The number of aliphatic hydroxyl groups excluding tert-OH is 1. The number of carboxylic acid groups (broad SMARTS) is 1. The molecular formula is C52H61F7N10O8. The number of hydrogen-bond acceptors (Lipinski definition) is 12. The summed E-state index contributed by atoms with van der Waals surface area (Å²) in [5, 5.41) is 32.4. The molecule has 2 aromatic carbocycles. The van der Waals surface area contributed by atoms with Gasteiger partial charge < -0.3 is 40.5 Å². The summed E-state index contributed by atoms with van der Waals surface area (Å²) < 4.78 is 112. The van der Waals surface area contributed by atoms with E-state index in [2.05, 4.69) is 47.5 Å². The number of nitrogens with zero attached hydrogens (tertiary/aromatic N) is 6. The van der Waals surface area contributed by atoms with Gasteiger partial charge in [0.05, 0.1) is 50.1 Å². The second kappa shape index (κ2) is 23.7. The highest BCUT2D eigenvalue weighted by atomic mass is 19.4. The molecule has 0 saturated carbocycles. The monoisotopic (exact) mass is 1090 g/mol. The number of methoxy groups -OCH3 is 1. The summed E-state index contributed by atoms with van der Waals surface area (Å²) in [6, 6.07) is 7.69. The number of hydrazine groups is 1. The lowest BCUT2D eigenvalue weighted by Gasteiger charge is -2.47. The molecule has 5 heterocycles. The number of alkyl carbamates (subject to hydrolysis) is 1. The zero-order valence-corrected chi connectivity index (χ0v) is 43.0. The molecule has 0 spiro atoms. The predicted molar refractivity (Wildman–Crippen MR) is 265 cm³/mol. The molecule has 4 aromatic rings. The lowest BCUT2D eigenvalue weighted by molar-refractivity contribution is -0.220. The molecular weight excluding hydrogens is 1030 g/mol. The Kier molecular flexibility index (Phi) is 17.8. The van der Waals surface area contributed by atoms with Crippen LogP contribution in [0.4, 0.5) is 46.1 Å². The Labute approximate surface area is 439 Å². The fraction of sp³-hybridized carbons (Fsp3) is 0.500. The standard InChI is InChI=1S/C52H61F7N10O8/c1-50(2,3)43(63-48(73)74)46(72)65-67(25-37-38(53)18-32(19-39(37)54)33-21-61-68(22-33)47(55)56)26-41(70)40(62-45(71)44(64-49(75)76-6)51(4,5)52(57,58)59)17-30-10-7-29(8-11-30)9-12-31-13-16-42(60-20-31)66-23-34-14-15-35(24-66)69(34)36-27-77-28-36/h7-8,10-11,13,16,18-22,34-36,40-41,43-44,47,63,70H,14-15,17,23-28H2,1-6H3,(H,62,71)(H,64,75)(H,65,72)(H,73,74)/t34?,35?,40-,41-,43+,44+/m0/s1. The minimum atomic E-state index is -5.10. The van der Waals surface area contributed by atoms with Gasteiger partial charge in [-0.15, -0.1) is 0 Å². The number of halogens is 7. The number of carbonyl (C=O) groups is 4. The fourth-order valence-corrected chi connectivity index (χ4v) is 9.57. The zero-order valence-electron chi connectivity index (χ0n) is 43.0. The van der Waals surface area contributed by atoms with Crippen molar-refractivity contribution in [2.75, 3.05) is 44.9 Å². The van der Waals surface area contributed by atoms with Gasteiger partial charge in [0.15, 0.2) is 0 Å². The van der Waals surface area contributed by atoms with Crippen LogP contribution < -0.4 is 26.3 Å². The highest BCUT2D eigenvalue weighted by Gasteiger charge is 2.56. The number of pyridine rings is 1. The smallest absolute Gasteiger partial charge is 0.407 e. The van der Waals surface area contributed by atoms with Crippen molar-refractivity contribution in [1.29, 1.82) is 0 Å². The largest absolute Gasteiger partial charge is 0.465 e. The number of fused-ring (bicyclic) bond motifs is 2. The summed E-state index contributed by atoms with van der Waals surface area (Å²) >= 11 is 0. The fourth-order valence-electron chi connectivity index (χ4n) is 9.57. The number of anilines is 1. The van der Waals surface area contributed by atoms with E-state index < -0.39 is 102 Å². The van der Waals surface area contributed by atoms with Gasteiger partial charge in [-0.05, 0) is 86.1 Å². The molecule has 6 N–H and O–H groups in total. The van der Waals surface area contributed by atoms with Gasteiger partial charge in [-0.2, -0.15) is 27.1 Å². The number of piperazine rings is 1. The summed E-state index contributed by atoms with van der Waals surface area (Å²) in [7, 11) is 0.871. The molecule has 2 aromatic heterocycles. The maximum atomic E-state index is 16.0. The SMILES string of the molecule is COC(=O)N[C@H](C(=O)N[C@@H](Cc1ccc(C#Cc2ccc(N3CC4CCC(C3)N4C3COC3)nc2)cc1)[C@@H](O)CN(Cc1c(F)cc(-c2cnn(C(F)F)c2)cc1F)NC(=O)[C@@H](NC(=O)O)C(C)(C)C)C(C)(C)C(F)(F)F. The predicted octanol–water partition coefficient (Wildman–Crippen LogP) is 5.99. The van der Waals surface area contributed by atoms with E-state index in [9.17, 15) is 51.3 Å². The number of benzene rings is 2. The van der Waals surface area contributed by atoms with Crippen LogP contribution in [0, 0.1) is 34.3 Å². The zero-order chi connectivity index (χ0) is 56.1. The topological polar surface area (TPSA) is 216 Å². The summed E-state index contributed by atoms with van der Waals surface area (Å²) in [5.41, 5.74) is -1.16. The van der Waals surface area contributed by atoms with Gasteiger partial charge in [0.2, 0.25) is 5.91 Å². The molecule has 6 atom stereocenters. The van der Waals surface area contributed by atoms with E-state index in [1.807, 2.05) is 17.4 Å². The van der Waals surface area contributed by atoms with Gasteiger partial charge in [-0.1, -0.05) is 44.7 Å². The number of nitrogens with one attached hydrogen (secondary N) is 4. The molecule has 2 bridgehead atoms. The Morgan fingerprint density at radius 3 is 1.99 bits per heavy atom. The first kappa shape index (κ1) is 57.7. The lowest BCUT2D eigenvalue weighted by Crippen LogP contribution is -2.63. The Bertz CT molecular complexity index is 2780. The third-order valence-electron chi connectivity index (χ3n) is 14.1. The number of amides is 4. The molecule has 18 nitrogen and oxygen atoms in total. The Morgan fingerprint density at radius 2 is 1.47 bits per heavy atom. The summed E-state index contributed by atoms with van der Waals surface area (Å²) in [5.74, 6) is 1.99. The van der Waals surface area contributed by atoms with Gasteiger partial charge in [0, 0.05) is 72.9 Å². The highest BCUT2D eigenvalue weighted by Crippen LogP contribution is 2.41. The first-order chi connectivity index (χ1) is 36.2. The normalized spacial score (nSPS) is 18.6. The van der Waals surface area contributed by atoms with E-state index in [1.54, 1.807) is 30.5 Å². The van der Waals surface area contributed by atoms with Crippen molar-refractivity contribution in [2.45, 2.75) is 116 Å². The van der Waals surface area contributed by atoms with Crippen LogP contribution in [0.5, 0.6) is 0 Å². The average molecular weight is 1090 g/mol. The molecule has 25 heteroatoms. The van der Waals surface area contributed by atoms with E-state index in [0.29, 0.717) is 48.7 Å². The Balaban J connectivity index is 1.15. The van der Waals surface area contributed by atoms with Crippen molar-refractivity contribution < 1.29 is 69.6 Å². The number of aliphatic hydroxyl groups is 1. The molecule has 4 amide bonds. The van der Waals surface area contributed by atoms with Crippen LogP contribution in [-0.4, -0.2) is 147 Å². The second-order valence-corrected chi connectivity index (χ2v) is 21.0. The maximum absolute atomic E-state index is 16.0. The molecule has 3 fully saturated rings. The van der Waals surface area contributed by atoms with Crippen LogP contribution in [0.3, 0.4) is 0 Å². The van der Waals surface area contributed by atoms with Crippen molar-refractivity contribution in [3.63, 3.8) is 0 Å². The van der Waals surface area contributed by atoms with Crippen LogP contribution in [0.2, 0.25) is 0 Å². The molecule has 3 saturated heterocycles. The van der Waals surface area contributed by atoms with Gasteiger partial charge in [0.1, 0.15) is 29.5 Å². The molecule has 3 aliphatic heterocycles. The van der Waals surface area contributed by atoms with Crippen LogP contribution in [0.25, 0.3) is 11.1 Å². The highest BCUT2D eigenvalue weighted by molar-refractivity contribution is 5.87. The molecule has 0 aliphatic carbocycles. The summed E-state index contributed by atoms with van der Waals surface area (Å²) in [4.78, 5) is 61.8. The van der Waals surface area contributed by atoms with Crippen molar-refractivity contribution in [1.82, 2.24) is 46.0 Å². The number of hydrogen-bond donors (Lipinski definition) is 6. The molecule has 77 heavy (non-hydrogen) atoms. The Hall–Kier alpha value is -7.01. The van der Waals surface area contributed by atoms with Gasteiger partial charge in [-0.25, -0.2) is 33.0 Å². The van der Waals surface area contributed by atoms with E-state index in [4.69, 9.17) is 9.72 Å². The van der Waals surface area contributed by atoms with Crippen LogP contribution in [-0.2, 0) is 32.0 Å². The van der Waals surface area contributed by atoms with E-state index >= 15 is 8.78 Å². The molecule has 7 rings (SSSR count). The van der Waals surface area contributed by atoms with E-state index in [0.717, 1.165) is 81.6 Å². The number of carbonyl (C=O) groups excluding carboxylic acids is 3. The van der Waals surface area contributed by atoms with Gasteiger partial charge >= 0.3 is 24.9 Å². The lowest BCUT2D eigenvalue weighted by atomic mass is 9.82.